The summed E-state index contributed by atoms with van der Waals surface area (Å²) in [5, 5.41) is 6.66. The number of guanidine groups is 1. The molecule has 0 saturated carbocycles. The highest BCUT2D eigenvalue weighted by Crippen LogP contribution is 2.03. The number of aliphatic imine (C=N–C) groups is 1. The molecule has 0 rings (SSSR count). The Bertz CT molecular complexity index is 275. The zero-order valence-electron chi connectivity index (χ0n) is 15.3. The van der Waals surface area contributed by atoms with Crippen LogP contribution < -0.4 is 10.6 Å². The normalized spacial score (nSPS) is 12.5. The van der Waals surface area contributed by atoms with Crippen molar-refractivity contribution in [3.63, 3.8) is 0 Å². The molecule has 0 aromatic carbocycles. The molecule has 0 aliphatic rings. The molecule has 0 amide bonds. The lowest BCUT2D eigenvalue weighted by molar-refractivity contribution is 0.0698. The molecule has 0 aromatic rings. The van der Waals surface area contributed by atoms with Crippen molar-refractivity contribution in [1.29, 1.82) is 0 Å². The first-order valence-electron chi connectivity index (χ1n) is 8.29. The number of nitrogens with one attached hydrogen (secondary N) is 2. The lowest BCUT2D eigenvalue weighted by atomic mass is 10.2. The van der Waals surface area contributed by atoms with E-state index in [1.807, 2.05) is 0 Å². The van der Waals surface area contributed by atoms with Crippen LogP contribution >= 0.6 is 0 Å². The zero-order chi connectivity index (χ0) is 16.8. The lowest BCUT2D eigenvalue weighted by Gasteiger charge is -2.30. The summed E-state index contributed by atoms with van der Waals surface area (Å²) < 4.78 is 10.4. The van der Waals surface area contributed by atoms with E-state index in [9.17, 15) is 0 Å². The van der Waals surface area contributed by atoms with Crippen molar-refractivity contribution in [2.45, 2.75) is 46.2 Å². The number of methoxy groups -OCH3 is 1. The fourth-order valence-electron chi connectivity index (χ4n) is 2.26. The van der Waals surface area contributed by atoms with E-state index in [1.165, 1.54) is 0 Å². The van der Waals surface area contributed by atoms with Crippen LogP contribution in [0.1, 0.15) is 34.1 Å². The Kier molecular flexibility index (Phi) is 13.3. The van der Waals surface area contributed by atoms with Gasteiger partial charge in [0.1, 0.15) is 0 Å². The fraction of sp³-hybridized carbons (Fsp3) is 0.938. The summed E-state index contributed by atoms with van der Waals surface area (Å²) in [5.74, 6) is 0.851. The molecule has 0 saturated heterocycles. The third kappa shape index (κ3) is 10.8. The van der Waals surface area contributed by atoms with Gasteiger partial charge in [0, 0.05) is 52.5 Å². The van der Waals surface area contributed by atoms with Gasteiger partial charge in [-0.3, -0.25) is 9.89 Å². The molecule has 0 aliphatic carbocycles. The van der Waals surface area contributed by atoms with Gasteiger partial charge in [-0.05, 0) is 34.1 Å². The lowest BCUT2D eigenvalue weighted by Crippen LogP contribution is -2.45. The van der Waals surface area contributed by atoms with Gasteiger partial charge in [0.25, 0.3) is 0 Å². The molecule has 0 aromatic heterocycles. The average Bonchev–Trinajstić information content (AvgIpc) is 2.47. The molecule has 132 valence electrons. The number of rotatable bonds is 12. The van der Waals surface area contributed by atoms with Crippen molar-refractivity contribution in [2.75, 3.05) is 53.6 Å². The van der Waals surface area contributed by atoms with E-state index in [1.54, 1.807) is 14.2 Å². The van der Waals surface area contributed by atoms with E-state index in [0.29, 0.717) is 25.3 Å². The van der Waals surface area contributed by atoms with E-state index in [2.05, 4.69) is 48.2 Å². The second kappa shape index (κ2) is 13.8. The molecule has 0 aliphatic heterocycles. The average molecular weight is 316 g/mol. The topological polar surface area (TPSA) is 58.1 Å². The van der Waals surface area contributed by atoms with Crippen LogP contribution in [0.2, 0.25) is 0 Å². The Hall–Kier alpha value is -0.850. The zero-order valence-corrected chi connectivity index (χ0v) is 15.3. The highest BCUT2D eigenvalue weighted by Gasteiger charge is 2.12. The maximum atomic E-state index is 5.42. The number of hydrogen-bond donors (Lipinski definition) is 2. The Balaban J connectivity index is 3.75. The summed E-state index contributed by atoms with van der Waals surface area (Å²) in [7, 11) is 3.48. The van der Waals surface area contributed by atoms with E-state index < -0.39 is 0 Å². The molecule has 6 nitrogen and oxygen atoms in total. The van der Waals surface area contributed by atoms with Crippen molar-refractivity contribution in [2.24, 2.45) is 4.99 Å². The first kappa shape index (κ1) is 21.1. The molecule has 0 radical (unpaired) electrons. The monoisotopic (exact) mass is 316 g/mol. The third-order valence-corrected chi connectivity index (χ3v) is 3.40. The van der Waals surface area contributed by atoms with Crippen LogP contribution in [-0.2, 0) is 9.47 Å². The first-order chi connectivity index (χ1) is 10.5. The minimum absolute atomic E-state index is 0.557. The van der Waals surface area contributed by atoms with Crippen molar-refractivity contribution >= 4 is 5.96 Å². The molecule has 0 spiro atoms. The SMILES string of the molecule is CN=C(NCCCOCCOC)NCCN(C(C)C)C(C)C. The third-order valence-electron chi connectivity index (χ3n) is 3.40. The van der Waals surface area contributed by atoms with Crippen molar-refractivity contribution in [3.05, 3.63) is 0 Å². The minimum Gasteiger partial charge on any atom is -0.382 e. The van der Waals surface area contributed by atoms with Crippen LogP contribution in [0.25, 0.3) is 0 Å². The van der Waals surface area contributed by atoms with Crippen LogP contribution in [0.3, 0.4) is 0 Å². The molecular formula is C16H36N4O2. The highest BCUT2D eigenvalue weighted by atomic mass is 16.5. The van der Waals surface area contributed by atoms with Gasteiger partial charge < -0.3 is 20.1 Å². The van der Waals surface area contributed by atoms with Crippen LogP contribution in [0.5, 0.6) is 0 Å². The second-order valence-electron chi connectivity index (χ2n) is 5.81. The molecule has 22 heavy (non-hydrogen) atoms. The summed E-state index contributed by atoms with van der Waals surface area (Å²) in [5.41, 5.74) is 0. The van der Waals surface area contributed by atoms with E-state index in [0.717, 1.165) is 38.6 Å². The molecule has 0 unspecified atom stereocenters. The van der Waals surface area contributed by atoms with Gasteiger partial charge in [-0.2, -0.15) is 0 Å². The maximum Gasteiger partial charge on any atom is 0.191 e. The smallest absolute Gasteiger partial charge is 0.191 e. The maximum absolute atomic E-state index is 5.42. The minimum atomic E-state index is 0.557. The van der Waals surface area contributed by atoms with Crippen molar-refractivity contribution < 1.29 is 9.47 Å². The quantitative estimate of drug-likeness (QED) is 0.323. The van der Waals surface area contributed by atoms with Crippen LogP contribution in [0.4, 0.5) is 0 Å². The van der Waals surface area contributed by atoms with Gasteiger partial charge in [-0.1, -0.05) is 0 Å². The van der Waals surface area contributed by atoms with Gasteiger partial charge in [-0.15, -0.1) is 0 Å². The van der Waals surface area contributed by atoms with Gasteiger partial charge in [0.2, 0.25) is 0 Å². The summed E-state index contributed by atoms with van der Waals surface area (Å²) in [6.45, 7) is 13.7. The summed E-state index contributed by atoms with van der Waals surface area (Å²) in [6.07, 6.45) is 0.953. The molecule has 0 heterocycles. The van der Waals surface area contributed by atoms with E-state index in [4.69, 9.17) is 9.47 Å². The Morgan fingerprint density at radius 1 is 1.00 bits per heavy atom. The van der Waals surface area contributed by atoms with Crippen LogP contribution in [-0.4, -0.2) is 76.6 Å². The van der Waals surface area contributed by atoms with Gasteiger partial charge in [0.05, 0.1) is 13.2 Å². The molecular weight excluding hydrogens is 280 g/mol. The number of nitrogens with zero attached hydrogens (tertiary/aromatic N) is 2. The van der Waals surface area contributed by atoms with Gasteiger partial charge in [-0.25, -0.2) is 0 Å². The summed E-state index contributed by atoms with van der Waals surface area (Å²) >= 11 is 0. The Morgan fingerprint density at radius 2 is 1.64 bits per heavy atom. The Morgan fingerprint density at radius 3 is 2.18 bits per heavy atom. The molecule has 6 heteroatoms. The second-order valence-corrected chi connectivity index (χ2v) is 5.81. The molecule has 0 atom stereocenters. The highest BCUT2D eigenvalue weighted by molar-refractivity contribution is 5.79. The first-order valence-corrected chi connectivity index (χ1v) is 8.29. The molecule has 2 N–H and O–H groups in total. The van der Waals surface area contributed by atoms with E-state index in [-0.39, 0.29) is 0 Å². The van der Waals surface area contributed by atoms with Gasteiger partial charge >= 0.3 is 0 Å². The van der Waals surface area contributed by atoms with Crippen LogP contribution in [0, 0.1) is 0 Å². The number of hydrogen-bond acceptors (Lipinski definition) is 4. The van der Waals surface area contributed by atoms with Gasteiger partial charge in [0.15, 0.2) is 5.96 Å². The van der Waals surface area contributed by atoms with Crippen molar-refractivity contribution in [3.8, 4) is 0 Å². The van der Waals surface area contributed by atoms with E-state index >= 15 is 0 Å². The predicted octanol–water partition coefficient (Wildman–Crippen LogP) is 1.32. The molecule has 0 fully saturated rings. The van der Waals surface area contributed by atoms with Crippen molar-refractivity contribution in [1.82, 2.24) is 15.5 Å². The number of ether oxygens (including phenoxy) is 2. The summed E-state index contributed by atoms with van der Waals surface area (Å²) in [4.78, 5) is 6.70. The molecule has 0 bridgehead atoms. The predicted molar refractivity (Wildman–Crippen MR) is 93.7 cm³/mol. The van der Waals surface area contributed by atoms with Crippen LogP contribution in [0.15, 0.2) is 4.99 Å². The summed E-state index contributed by atoms with van der Waals surface area (Å²) in [6, 6.07) is 1.11. The largest absolute Gasteiger partial charge is 0.382 e. The fourth-order valence-corrected chi connectivity index (χ4v) is 2.26. The Labute approximate surface area is 136 Å². The standard InChI is InChI=1S/C16H36N4O2/c1-14(2)20(15(3)4)10-9-19-16(17-5)18-8-7-11-22-13-12-21-6/h14-15H,7-13H2,1-6H3,(H2,17,18,19).